The van der Waals surface area contributed by atoms with Crippen LogP contribution in [0.2, 0.25) is 0 Å². The minimum Gasteiger partial charge on any atom is -0.463 e. The quantitative estimate of drug-likeness (QED) is 0.297. The molecule has 0 aromatic rings. The maximum Gasteiger partial charge on any atom is 0.305 e. The Kier molecular flexibility index (Phi) is 18.7. The molecular formula is C16H33NO6. The first-order chi connectivity index (χ1) is 11.3. The van der Waals surface area contributed by atoms with E-state index in [4.69, 9.17) is 29.4 Å². The maximum absolute atomic E-state index is 11.3. The fourth-order valence-corrected chi connectivity index (χ4v) is 1.65. The molecule has 0 saturated carbocycles. The number of ether oxygens (including phenoxy) is 5. The van der Waals surface area contributed by atoms with Crippen molar-refractivity contribution in [2.75, 3.05) is 66.0 Å². The molecule has 23 heavy (non-hydrogen) atoms. The molecule has 0 aromatic heterocycles. The van der Waals surface area contributed by atoms with Crippen molar-refractivity contribution in [2.24, 2.45) is 5.73 Å². The van der Waals surface area contributed by atoms with Crippen molar-refractivity contribution in [2.45, 2.75) is 32.6 Å². The number of rotatable bonds is 18. The number of hydrogen-bond donors (Lipinski definition) is 1. The second-order valence-electron chi connectivity index (χ2n) is 4.92. The van der Waals surface area contributed by atoms with Crippen LogP contribution in [0.5, 0.6) is 0 Å². The average molecular weight is 335 g/mol. The highest BCUT2D eigenvalue weighted by molar-refractivity contribution is 5.69. The number of hydrogen-bond acceptors (Lipinski definition) is 7. The number of carbonyl (C=O) groups excluding carboxylic acids is 1. The second-order valence-corrected chi connectivity index (χ2v) is 4.92. The third kappa shape index (κ3) is 19.2. The van der Waals surface area contributed by atoms with Gasteiger partial charge in [-0.1, -0.05) is 19.8 Å². The molecule has 0 radical (unpaired) electrons. The van der Waals surface area contributed by atoms with Crippen LogP contribution in [0, 0.1) is 0 Å². The molecule has 0 atom stereocenters. The molecule has 0 spiro atoms. The summed E-state index contributed by atoms with van der Waals surface area (Å²) in [5.41, 5.74) is 5.28. The first-order valence-electron chi connectivity index (χ1n) is 8.48. The Morgan fingerprint density at radius 3 is 1.70 bits per heavy atom. The van der Waals surface area contributed by atoms with Crippen LogP contribution < -0.4 is 5.73 Å². The van der Waals surface area contributed by atoms with Gasteiger partial charge in [-0.3, -0.25) is 4.79 Å². The van der Waals surface area contributed by atoms with E-state index in [1.54, 1.807) is 0 Å². The lowest BCUT2D eigenvalue weighted by atomic mass is 10.2. The minimum atomic E-state index is -0.147. The second kappa shape index (κ2) is 19.3. The van der Waals surface area contributed by atoms with Crippen molar-refractivity contribution < 1.29 is 28.5 Å². The van der Waals surface area contributed by atoms with E-state index >= 15 is 0 Å². The molecule has 0 aromatic carbocycles. The predicted octanol–water partition coefficient (Wildman–Crippen LogP) is 1.14. The number of nitrogens with two attached hydrogens (primary N) is 1. The van der Waals surface area contributed by atoms with E-state index in [-0.39, 0.29) is 5.97 Å². The van der Waals surface area contributed by atoms with E-state index in [9.17, 15) is 4.79 Å². The average Bonchev–Trinajstić information content (AvgIpc) is 2.55. The topological polar surface area (TPSA) is 89.2 Å². The fraction of sp³-hybridized carbons (Fsp3) is 0.938. The zero-order valence-electron chi connectivity index (χ0n) is 14.4. The van der Waals surface area contributed by atoms with Gasteiger partial charge in [0.15, 0.2) is 0 Å². The summed E-state index contributed by atoms with van der Waals surface area (Å²) < 4.78 is 26.2. The highest BCUT2D eigenvalue weighted by atomic mass is 16.6. The number of esters is 1. The van der Waals surface area contributed by atoms with Gasteiger partial charge in [0.1, 0.15) is 6.61 Å². The van der Waals surface area contributed by atoms with Crippen LogP contribution >= 0.6 is 0 Å². The SMILES string of the molecule is CCCCCC(=O)OCCOCCOCCOCCOCCN. The molecule has 0 bridgehead atoms. The van der Waals surface area contributed by atoms with Gasteiger partial charge in [-0.05, 0) is 6.42 Å². The predicted molar refractivity (Wildman–Crippen MR) is 87.4 cm³/mol. The van der Waals surface area contributed by atoms with E-state index in [0.29, 0.717) is 72.4 Å². The van der Waals surface area contributed by atoms with Crippen LogP contribution in [0.1, 0.15) is 32.6 Å². The van der Waals surface area contributed by atoms with Gasteiger partial charge in [0.05, 0.1) is 52.9 Å². The van der Waals surface area contributed by atoms with Crippen LogP contribution in [-0.4, -0.2) is 72.0 Å². The summed E-state index contributed by atoms with van der Waals surface area (Å²) >= 11 is 0. The van der Waals surface area contributed by atoms with E-state index in [1.165, 1.54) is 0 Å². The summed E-state index contributed by atoms with van der Waals surface area (Å²) in [4.78, 5) is 11.3. The zero-order chi connectivity index (χ0) is 17.0. The van der Waals surface area contributed by atoms with Gasteiger partial charge in [0.2, 0.25) is 0 Å². The molecule has 0 heterocycles. The first-order valence-corrected chi connectivity index (χ1v) is 8.48. The van der Waals surface area contributed by atoms with Crippen molar-refractivity contribution >= 4 is 5.97 Å². The molecular weight excluding hydrogens is 302 g/mol. The van der Waals surface area contributed by atoms with Crippen LogP contribution in [0.4, 0.5) is 0 Å². The lowest BCUT2D eigenvalue weighted by Gasteiger charge is -2.08. The molecule has 0 aliphatic carbocycles. The normalized spacial score (nSPS) is 10.9. The lowest BCUT2D eigenvalue weighted by molar-refractivity contribution is -0.145. The molecule has 2 N–H and O–H groups in total. The summed E-state index contributed by atoms with van der Waals surface area (Å²) in [6, 6.07) is 0. The van der Waals surface area contributed by atoms with E-state index in [1.807, 2.05) is 0 Å². The lowest BCUT2D eigenvalue weighted by Crippen LogP contribution is -2.15. The highest BCUT2D eigenvalue weighted by Crippen LogP contribution is 2.00. The molecule has 138 valence electrons. The van der Waals surface area contributed by atoms with Crippen molar-refractivity contribution in [3.63, 3.8) is 0 Å². The van der Waals surface area contributed by atoms with Crippen LogP contribution in [0.15, 0.2) is 0 Å². The molecule has 0 rings (SSSR count). The molecule has 0 unspecified atom stereocenters. The summed E-state index contributed by atoms with van der Waals surface area (Å²) in [6.45, 7) is 7.02. The van der Waals surface area contributed by atoms with Crippen LogP contribution in [0.25, 0.3) is 0 Å². The van der Waals surface area contributed by atoms with Crippen molar-refractivity contribution in [1.82, 2.24) is 0 Å². The summed E-state index contributed by atoms with van der Waals surface area (Å²) in [5.74, 6) is -0.147. The van der Waals surface area contributed by atoms with Gasteiger partial charge in [-0.15, -0.1) is 0 Å². The zero-order valence-corrected chi connectivity index (χ0v) is 14.4. The Morgan fingerprint density at radius 1 is 0.739 bits per heavy atom. The van der Waals surface area contributed by atoms with Crippen LogP contribution in [-0.2, 0) is 28.5 Å². The third-order valence-corrected chi connectivity index (χ3v) is 2.85. The monoisotopic (exact) mass is 335 g/mol. The van der Waals surface area contributed by atoms with E-state index in [2.05, 4.69) is 6.92 Å². The van der Waals surface area contributed by atoms with Crippen LogP contribution in [0.3, 0.4) is 0 Å². The standard InChI is InChI=1S/C16H33NO6/c1-2-3-4-5-16(18)23-15-14-22-13-12-21-11-10-20-9-8-19-7-6-17/h2-15,17H2,1H3. The molecule has 0 aliphatic heterocycles. The Hall–Kier alpha value is -0.730. The van der Waals surface area contributed by atoms with Gasteiger partial charge < -0.3 is 29.4 Å². The Bertz CT molecular complexity index is 253. The van der Waals surface area contributed by atoms with Crippen molar-refractivity contribution in [1.29, 1.82) is 0 Å². The van der Waals surface area contributed by atoms with Gasteiger partial charge >= 0.3 is 5.97 Å². The first kappa shape index (κ1) is 22.3. The molecule has 7 heteroatoms. The van der Waals surface area contributed by atoms with Crippen molar-refractivity contribution in [3.05, 3.63) is 0 Å². The molecule has 0 aliphatic rings. The highest BCUT2D eigenvalue weighted by Gasteiger charge is 2.01. The van der Waals surface area contributed by atoms with Crippen molar-refractivity contribution in [3.8, 4) is 0 Å². The Morgan fingerprint density at radius 2 is 1.22 bits per heavy atom. The van der Waals surface area contributed by atoms with Gasteiger partial charge in [-0.25, -0.2) is 0 Å². The molecule has 0 saturated heterocycles. The number of carbonyl (C=O) groups is 1. The maximum atomic E-state index is 11.3. The Labute approximate surface area is 139 Å². The molecule has 7 nitrogen and oxygen atoms in total. The third-order valence-electron chi connectivity index (χ3n) is 2.85. The molecule has 0 fully saturated rings. The Balaban J connectivity index is 3.06. The largest absolute Gasteiger partial charge is 0.463 e. The molecule has 0 amide bonds. The van der Waals surface area contributed by atoms with Gasteiger partial charge in [0, 0.05) is 13.0 Å². The summed E-state index contributed by atoms with van der Waals surface area (Å²) in [7, 11) is 0. The van der Waals surface area contributed by atoms with Gasteiger partial charge in [0.25, 0.3) is 0 Å². The van der Waals surface area contributed by atoms with E-state index < -0.39 is 0 Å². The minimum absolute atomic E-state index is 0.147. The van der Waals surface area contributed by atoms with Gasteiger partial charge in [-0.2, -0.15) is 0 Å². The summed E-state index contributed by atoms with van der Waals surface area (Å²) in [5, 5.41) is 0. The number of unbranched alkanes of at least 4 members (excludes halogenated alkanes) is 2. The summed E-state index contributed by atoms with van der Waals surface area (Å²) in [6.07, 6.45) is 3.55. The fourth-order valence-electron chi connectivity index (χ4n) is 1.65. The van der Waals surface area contributed by atoms with E-state index in [0.717, 1.165) is 19.3 Å². The smallest absolute Gasteiger partial charge is 0.305 e.